The summed E-state index contributed by atoms with van der Waals surface area (Å²) >= 11 is 0. The van der Waals surface area contributed by atoms with E-state index < -0.39 is 0 Å². The highest BCUT2D eigenvalue weighted by atomic mass is 15.2. The average molecular weight is 267 g/mol. The van der Waals surface area contributed by atoms with Crippen molar-refractivity contribution in [3.05, 3.63) is 0 Å². The summed E-state index contributed by atoms with van der Waals surface area (Å²) in [4.78, 5) is 5.34. The Labute approximate surface area is 119 Å². The van der Waals surface area contributed by atoms with Gasteiger partial charge in [-0.25, -0.2) is 0 Å². The van der Waals surface area contributed by atoms with Gasteiger partial charge in [-0.3, -0.25) is 0 Å². The van der Waals surface area contributed by atoms with E-state index in [1.54, 1.807) is 0 Å². The zero-order valence-electron chi connectivity index (χ0n) is 13.2. The SMILES string of the molecule is CCN1CCC(CN2CCC(C)NCC(C)C2)CC1. The van der Waals surface area contributed by atoms with Crippen LogP contribution in [0.4, 0.5) is 0 Å². The van der Waals surface area contributed by atoms with Gasteiger partial charge in [0, 0.05) is 19.1 Å². The van der Waals surface area contributed by atoms with Crippen LogP contribution in [0.1, 0.15) is 40.0 Å². The molecule has 0 saturated carbocycles. The first kappa shape index (κ1) is 15.3. The Morgan fingerprint density at radius 3 is 2.37 bits per heavy atom. The van der Waals surface area contributed by atoms with Crippen LogP contribution < -0.4 is 5.32 Å². The predicted molar refractivity (Wildman–Crippen MR) is 82.5 cm³/mol. The van der Waals surface area contributed by atoms with Crippen LogP contribution in [0.15, 0.2) is 0 Å². The van der Waals surface area contributed by atoms with Gasteiger partial charge >= 0.3 is 0 Å². The molecule has 0 amide bonds. The molecular formula is C16H33N3. The van der Waals surface area contributed by atoms with Crippen molar-refractivity contribution in [2.75, 3.05) is 45.8 Å². The molecule has 2 heterocycles. The molecule has 2 saturated heterocycles. The molecule has 112 valence electrons. The second-order valence-corrected chi connectivity index (χ2v) is 6.84. The van der Waals surface area contributed by atoms with Gasteiger partial charge in [-0.1, -0.05) is 13.8 Å². The fourth-order valence-electron chi connectivity index (χ4n) is 3.49. The van der Waals surface area contributed by atoms with Crippen LogP contribution in [0.2, 0.25) is 0 Å². The van der Waals surface area contributed by atoms with Gasteiger partial charge in [-0.05, 0) is 70.7 Å². The van der Waals surface area contributed by atoms with Gasteiger partial charge in [0.05, 0.1) is 0 Å². The highest BCUT2D eigenvalue weighted by Crippen LogP contribution is 2.19. The number of nitrogens with one attached hydrogen (secondary N) is 1. The molecule has 19 heavy (non-hydrogen) atoms. The van der Waals surface area contributed by atoms with Gasteiger partial charge in [0.2, 0.25) is 0 Å². The largest absolute Gasteiger partial charge is 0.314 e. The molecule has 0 aromatic rings. The number of nitrogens with zero attached hydrogens (tertiary/aromatic N) is 2. The summed E-state index contributed by atoms with van der Waals surface area (Å²) in [7, 11) is 0. The van der Waals surface area contributed by atoms with E-state index in [1.165, 1.54) is 65.1 Å². The number of piperidine rings is 1. The van der Waals surface area contributed by atoms with Crippen molar-refractivity contribution in [3.63, 3.8) is 0 Å². The maximum atomic E-state index is 3.64. The van der Waals surface area contributed by atoms with E-state index in [0.717, 1.165) is 11.8 Å². The van der Waals surface area contributed by atoms with Gasteiger partial charge in [-0.15, -0.1) is 0 Å². The van der Waals surface area contributed by atoms with Crippen molar-refractivity contribution in [3.8, 4) is 0 Å². The Morgan fingerprint density at radius 2 is 1.68 bits per heavy atom. The van der Waals surface area contributed by atoms with Crippen LogP contribution in [0.3, 0.4) is 0 Å². The molecular weight excluding hydrogens is 234 g/mol. The first-order chi connectivity index (χ1) is 9.17. The highest BCUT2D eigenvalue weighted by molar-refractivity contribution is 4.78. The van der Waals surface area contributed by atoms with Crippen LogP contribution >= 0.6 is 0 Å². The summed E-state index contributed by atoms with van der Waals surface area (Å²) in [6, 6.07) is 0.687. The van der Waals surface area contributed by atoms with Gasteiger partial charge in [0.1, 0.15) is 0 Å². The van der Waals surface area contributed by atoms with E-state index in [-0.39, 0.29) is 0 Å². The highest BCUT2D eigenvalue weighted by Gasteiger charge is 2.22. The normalized spacial score (nSPS) is 33.0. The van der Waals surface area contributed by atoms with Crippen LogP contribution in [0, 0.1) is 11.8 Å². The van der Waals surface area contributed by atoms with Crippen molar-refractivity contribution >= 4 is 0 Å². The summed E-state index contributed by atoms with van der Waals surface area (Å²) < 4.78 is 0. The minimum Gasteiger partial charge on any atom is -0.314 e. The van der Waals surface area contributed by atoms with E-state index in [1.807, 2.05) is 0 Å². The lowest BCUT2D eigenvalue weighted by atomic mass is 9.95. The van der Waals surface area contributed by atoms with Gasteiger partial charge in [-0.2, -0.15) is 0 Å². The molecule has 2 rings (SSSR count). The van der Waals surface area contributed by atoms with Crippen LogP contribution in [0.25, 0.3) is 0 Å². The Balaban J connectivity index is 1.77. The fourth-order valence-corrected chi connectivity index (χ4v) is 3.49. The third-order valence-electron chi connectivity index (χ3n) is 4.93. The first-order valence-corrected chi connectivity index (χ1v) is 8.35. The van der Waals surface area contributed by atoms with E-state index >= 15 is 0 Å². The smallest absolute Gasteiger partial charge is 0.00510 e. The summed E-state index contributed by atoms with van der Waals surface area (Å²) in [6.45, 7) is 16.0. The zero-order chi connectivity index (χ0) is 13.7. The van der Waals surface area contributed by atoms with Crippen LogP contribution in [-0.2, 0) is 0 Å². The van der Waals surface area contributed by atoms with Crippen molar-refractivity contribution in [2.45, 2.75) is 46.1 Å². The maximum Gasteiger partial charge on any atom is 0.00510 e. The molecule has 0 aromatic heterocycles. The van der Waals surface area contributed by atoms with Crippen molar-refractivity contribution in [2.24, 2.45) is 11.8 Å². The van der Waals surface area contributed by atoms with Gasteiger partial charge in [0.25, 0.3) is 0 Å². The molecule has 2 aliphatic heterocycles. The molecule has 2 unspecified atom stereocenters. The van der Waals surface area contributed by atoms with Crippen LogP contribution in [-0.4, -0.2) is 61.7 Å². The minimum atomic E-state index is 0.687. The predicted octanol–water partition coefficient (Wildman–Crippen LogP) is 2.04. The molecule has 2 fully saturated rings. The summed E-state index contributed by atoms with van der Waals surface area (Å²) in [5.74, 6) is 1.73. The summed E-state index contributed by atoms with van der Waals surface area (Å²) in [6.07, 6.45) is 4.12. The van der Waals surface area contributed by atoms with Crippen molar-refractivity contribution in [1.29, 1.82) is 0 Å². The average Bonchev–Trinajstić information content (AvgIpc) is 2.42. The summed E-state index contributed by atoms with van der Waals surface area (Å²) in [5, 5.41) is 3.64. The van der Waals surface area contributed by atoms with Crippen LogP contribution in [0.5, 0.6) is 0 Å². The topological polar surface area (TPSA) is 18.5 Å². The van der Waals surface area contributed by atoms with Crippen molar-refractivity contribution in [1.82, 2.24) is 15.1 Å². The Kier molecular flexibility index (Phi) is 6.11. The Morgan fingerprint density at radius 1 is 1.00 bits per heavy atom. The molecule has 0 bridgehead atoms. The molecule has 0 spiro atoms. The van der Waals surface area contributed by atoms with E-state index in [4.69, 9.17) is 0 Å². The molecule has 3 heteroatoms. The van der Waals surface area contributed by atoms with Gasteiger partial charge < -0.3 is 15.1 Å². The standard InChI is InChI=1S/C16H33N3/c1-4-18-9-6-16(7-10-18)13-19-8-5-15(3)17-11-14(2)12-19/h14-17H,4-13H2,1-3H3. The van der Waals surface area contributed by atoms with Crippen molar-refractivity contribution < 1.29 is 0 Å². The molecule has 2 atom stereocenters. The third kappa shape index (κ3) is 5.05. The number of hydrogen-bond donors (Lipinski definition) is 1. The second kappa shape index (κ2) is 7.61. The lowest BCUT2D eigenvalue weighted by Gasteiger charge is -2.37. The molecule has 2 aliphatic rings. The molecule has 3 nitrogen and oxygen atoms in total. The quantitative estimate of drug-likeness (QED) is 0.844. The number of rotatable bonds is 3. The first-order valence-electron chi connectivity index (χ1n) is 8.35. The molecule has 0 aliphatic carbocycles. The second-order valence-electron chi connectivity index (χ2n) is 6.84. The van der Waals surface area contributed by atoms with Gasteiger partial charge in [0.15, 0.2) is 0 Å². The molecule has 0 radical (unpaired) electrons. The third-order valence-corrected chi connectivity index (χ3v) is 4.93. The maximum absolute atomic E-state index is 3.64. The summed E-state index contributed by atoms with van der Waals surface area (Å²) in [5.41, 5.74) is 0. The zero-order valence-corrected chi connectivity index (χ0v) is 13.2. The molecule has 1 N–H and O–H groups in total. The fraction of sp³-hybridized carbons (Fsp3) is 1.00. The monoisotopic (exact) mass is 267 g/mol. The molecule has 0 aromatic carbocycles. The minimum absolute atomic E-state index is 0.687. The number of hydrogen-bond acceptors (Lipinski definition) is 3. The van der Waals surface area contributed by atoms with E-state index in [0.29, 0.717) is 6.04 Å². The van der Waals surface area contributed by atoms with E-state index in [2.05, 4.69) is 35.9 Å². The Bertz CT molecular complexity index is 248. The number of likely N-dealkylation sites (tertiary alicyclic amines) is 1. The van der Waals surface area contributed by atoms with E-state index in [9.17, 15) is 0 Å². The lowest BCUT2D eigenvalue weighted by Crippen LogP contribution is -2.45. The Hall–Kier alpha value is -0.120. The lowest BCUT2D eigenvalue weighted by molar-refractivity contribution is 0.128.